The van der Waals surface area contributed by atoms with Gasteiger partial charge in [-0.15, -0.1) is 0 Å². The Hall–Kier alpha value is -1.81. The third kappa shape index (κ3) is 2.96. The van der Waals surface area contributed by atoms with E-state index in [1.165, 1.54) is 0 Å². The summed E-state index contributed by atoms with van der Waals surface area (Å²) in [5.74, 6) is 0.574. The fraction of sp³-hybridized carbons (Fsp3) is 0.133. The molecule has 1 amide bonds. The number of ether oxygens (including phenoxy) is 1. The Morgan fingerprint density at radius 2 is 1.84 bits per heavy atom. The van der Waals surface area contributed by atoms with Gasteiger partial charge < -0.3 is 9.64 Å². The molecular formula is C15H14BrNO2. The average Bonchev–Trinajstić information content (AvgIpc) is 2.47. The second-order valence-corrected chi connectivity index (χ2v) is 4.90. The predicted molar refractivity (Wildman–Crippen MR) is 79.9 cm³/mol. The van der Waals surface area contributed by atoms with Crippen molar-refractivity contribution in [3.05, 3.63) is 58.6 Å². The Labute approximate surface area is 120 Å². The molecule has 2 rings (SSSR count). The Morgan fingerprint density at radius 1 is 1.16 bits per heavy atom. The van der Waals surface area contributed by atoms with Crippen LogP contribution in [-0.4, -0.2) is 20.1 Å². The number of nitrogens with zero attached hydrogens (tertiary/aromatic N) is 1. The van der Waals surface area contributed by atoms with Crippen LogP contribution in [0.4, 0.5) is 5.69 Å². The maximum atomic E-state index is 12.5. The highest BCUT2D eigenvalue weighted by Gasteiger charge is 2.16. The van der Waals surface area contributed by atoms with Gasteiger partial charge >= 0.3 is 0 Å². The molecule has 0 atom stereocenters. The monoisotopic (exact) mass is 319 g/mol. The second-order valence-electron chi connectivity index (χ2n) is 4.05. The average molecular weight is 320 g/mol. The van der Waals surface area contributed by atoms with Gasteiger partial charge in [0.25, 0.3) is 5.91 Å². The maximum Gasteiger partial charge on any atom is 0.259 e. The first kappa shape index (κ1) is 13.6. The zero-order valence-corrected chi connectivity index (χ0v) is 12.3. The van der Waals surface area contributed by atoms with Crippen molar-refractivity contribution in [3.8, 4) is 5.75 Å². The summed E-state index contributed by atoms with van der Waals surface area (Å²) in [4.78, 5) is 14.1. The molecule has 0 bridgehead atoms. The molecule has 0 saturated heterocycles. The molecule has 0 radical (unpaired) electrons. The van der Waals surface area contributed by atoms with E-state index in [0.717, 1.165) is 10.2 Å². The van der Waals surface area contributed by atoms with Gasteiger partial charge in [0.1, 0.15) is 5.75 Å². The van der Waals surface area contributed by atoms with Crippen LogP contribution in [0.15, 0.2) is 53.0 Å². The predicted octanol–water partition coefficient (Wildman–Crippen LogP) is 3.73. The van der Waals surface area contributed by atoms with Crippen molar-refractivity contribution < 1.29 is 9.53 Å². The normalized spacial score (nSPS) is 10.1. The van der Waals surface area contributed by atoms with Gasteiger partial charge in [0.2, 0.25) is 0 Å². The van der Waals surface area contributed by atoms with Crippen molar-refractivity contribution in [1.82, 2.24) is 0 Å². The second kappa shape index (κ2) is 5.89. The number of carbonyl (C=O) groups is 1. The first-order valence-electron chi connectivity index (χ1n) is 5.80. The lowest BCUT2D eigenvalue weighted by molar-refractivity contribution is 0.0992. The van der Waals surface area contributed by atoms with Gasteiger partial charge in [-0.25, -0.2) is 0 Å². The summed E-state index contributed by atoms with van der Waals surface area (Å²) in [6, 6.07) is 14.9. The summed E-state index contributed by atoms with van der Waals surface area (Å²) in [6.07, 6.45) is 0. The molecule has 3 nitrogen and oxygen atoms in total. The van der Waals surface area contributed by atoms with Gasteiger partial charge in [-0.05, 0) is 46.3 Å². The number of carbonyl (C=O) groups excluding carboxylic acids is 1. The molecule has 0 aliphatic rings. The van der Waals surface area contributed by atoms with Gasteiger partial charge in [0, 0.05) is 17.2 Å². The van der Waals surface area contributed by atoms with Gasteiger partial charge in [-0.3, -0.25) is 4.79 Å². The van der Waals surface area contributed by atoms with E-state index in [1.807, 2.05) is 42.5 Å². The minimum Gasteiger partial charge on any atom is -0.497 e. The van der Waals surface area contributed by atoms with E-state index in [1.54, 1.807) is 25.1 Å². The van der Waals surface area contributed by atoms with Crippen molar-refractivity contribution in [2.24, 2.45) is 0 Å². The third-order valence-electron chi connectivity index (χ3n) is 2.85. The molecule has 0 aliphatic carbocycles. The van der Waals surface area contributed by atoms with Crippen molar-refractivity contribution in [3.63, 3.8) is 0 Å². The number of amides is 1. The van der Waals surface area contributed by atoms with Crippen LogP contribution in [0.25, 0.3) is 0 Å². The van der Waals surface area contributed by atoms with Crippen LogP contribution in [0.2, 0.25) is 0 Å². The lowest BCUT2D eigenvalue weighted by Crippen LogP contribution is -2.26. The smallest absolute Gasteiger partial charge is 0.259 e. The molecule has 0 spiro atoms. The minimum atomic E-state index is -0.0861. The van der Waals surface area contributed by atoms with Crippen LogP contribution in [0.3, 0.4) is 0 Å². The Bertz CT molecular complexity index is 584. The molecule has 0 N–H and O–H groups in total. The quantitative estimate of drug-likeness (QED) is 0.862. The lowest BCUT2D eigenvalue weighted by Gasteiger charge is -2.18. The molecule has 4 heteroatoms. The minimum absolute atomic E-state index is 0.0861. The van der Waals surface area contributed by atoms with Gasteiger partial charge in [0.15, 0.2) is 0 Å². The number of rotatable bonds is 3. The first-order valence-corrected chi connectivity index (χ1v) is 6.59. The molecular weight excluding hydrogens is 306 g/mol. The highest BCUT2D eigenvalue weighted by molar-refractivity contribution is 9.10. The number of benzene rings is 2. The van der Waals surface area contributed by atoms with Crippen LogP contribution < -0.4 is 9.64 Å². The lowest BCUT2D eigenvalue weighted by atomic mass is 10.1. The van der Waals surface area contributed by atoms with E-state index in [0.29, 0.717) is 11.3 Å². The van der Waals surface area contributed by atoms with E-state index in [2.05, 4.69) is 15.9 Å². The molecule has 0 aliphatic heterocycles. The number of halogens is 1. The molecule has 19 heavy (non-hydrogen) atoms. The summed E-state index contributed by atoms with van der Waals surface area (Å²) in [6.45, 7) is 0. The highest BCUT2D eigenvalue weighted by Crippen LogP contribution is 2.25. The van der Waals surface area contributed by atoms with E-state index in [9.17, 15) is 4.79 Å². The summed E-state index contributed by atoms with van der Waals surface area (Å²) < 4.78 is 5.90. The zero-order chi connectivity index (χ0) is 13.8. The summed E-state index contributed by atoms with van der Waals surface area (Å²) in [5, 5.41) is 0. The molecule has 2 aromatic carbocycles. The molecule has 0 unspecified atom stereocenters. The summed E-state index contributed by atoms with van der Waals surface area (Å²) in [5.41, 5.74) is 1.42. The van der Waals surface area contributed by atoms with Crippen molar-refractivity contribution >= 4 is 27.5 Å². The molecule has 0 fully saturated rings. The first-order chi connectivity index (χ1) is 9.13. The van der Waals surface area contributed by atoms with Crippen LogP contribution >= 0.6 is 15.9 Å². The molecule has 0 saturated carbocycles. The third-order valence-corrected chi connectivity index (χ3v) is 3.54. The Balaban J connectivity index is 2.34. The number of hydrogen-bond acceptors (Lipinski definition) is 2. The number of hydrogen-bond donors (Lipinski definition) is 0. The van der Waals surface area contributed by atoms with Crippen LogP contribution in [-0.2, 0) is 0 Å². The van der Waals surface area contributed by atoms with Crippen molar-refractivity contribution in [1.29, 1.82) is 0 Å². The van der Waals surface area contributed by atoms with Gasteiger partial charge in [0.05, 0.1) is 12.7 Å². The van der Waals surface area contributed by atoms with Crippen LogP contribution in [0.1, 0.15) is 10.4 Å². The van der Waals surface area contributed by atoms with E-state index < -0.39 is 0 Å². The van der Waals surface area contributed by atoms with E-state index in [-0.39, 0.29) is 5.91 Å². The molecule has 98 valence electrons. The van der Waals surface area contributed by atoms with Crippen molar-refractivity contribution in [2.75, 3.05) is 19.1 Å². The molecule has 0 heterocycles. The van der Waals surface area contributed by atoms with Crippen molar-refractivity contribution in [2.45, 2.75) is 0 Å². The van der Waals surface area contributed by atoms with E-state index in [4.69, 9.17) is 4.74 Å². The fourth-order valence-corrected chi connectivity index (χ4v) is 2.16. The van der Waals surface area contributed by atoms with Crippen LogP contribution in [0, 0.1) is 0 Å². The van der Waals surface area contributed by atoms with E-state index >= 15 is 0 Å². The fourth-order valence-electron chi connectivity index (χ4n) is 1.74. The summed E-state index contributed by atoms with van der Waals surface area (Å²) >= 11 is 3.40. The standard InChI is InChI=1S/C15H14BrNO2/c1-17(11-6-4-3-5-7-11)15(18)13-10-12(19-2)8-9-14(13)16/h3-10H,1-2H3. The number of methoxy groups -OCH3 is 1. The number of para-hydroxylation sites is 1. The highest BCUT2D eigenvalue weighted by atomic mass is 79.9. The summed E-state index contributed by atoms with van der Waals surface area (Å²) in [7, 11) is 3.34. The van der Waals surface area contributed by atoms with Gasteiger partial charge in [-0.1, -0.05) is 18.2 Å². The Kier molecular flexibility index (Phi) is 4.22. The Morgan fingerprint density at radius 3 is 2.47 bits per heavy atom. The molecule has 0 aromatic heterocycles. The van der Waals surface area contributed by atoms with Gasteiger partial charge in [-0.2, -0.15) is 0 Å². The maximum absolute atomic E-state index is 12.5. The SMILES string of the molecule is COc1ccc(Br)c(C(=O)N(C)c2ccccc2)c1. The number of anilines is 1. The van der Waals surface area contributed by atoms with Crippen LogP contribution in [0.5, 0.6) is 5.75 Å². The topological polar surface area (TPSA) is 29.5 Å². The zero-order valence-electron chi connectivity index (χ0n) is 10.8. The molecule has 2 aromatic rings. The largest absolute Gasteiger partial charge is 0.497 e.